The van der Waals surface area contributed by atoms with Crippen molar-refractivity contribution < 1.29 is 13.6 Å². The van der Waals surface area contributed by atoms with E-state index in [2.05, 4.69) is 5.10 Å². The van der Waals surface area contributed by atoms with Gasteiger partial charge in [-0.25, -0.2) is 13.5 Å². The van der Waals surface area contributed by atoms with Crippen LogP contribution in [-0.2, 0) is 0 Å². The average Bonchev–Trinajstić information content (AvgIpc) is 3.18. The molecule has 1 aromatic heterocycles. The highest BCUT2D eigenvalue weighted by molar-refractivity contribution is 6.07. The third-order valence-corrected chi connectivity index (χ3v) is 4.43. The van der Waals surface area contributed by atoms with Crippen LogP contribution in [0.2, 0.25) is 0 Å². The molecule has 0 radical (unpaired) electrons. The smallest absolute Gasteiger partial charge is 0.188 e. The molecule has 0 aliphatic heterocycles. The summed E-state index contributed by atoms with van der Waals surface area (Å²) in [5.74, 6) is -1.36. The lowest BCUT2D eigenvalue weighted by Gasteiger charge is -2.00. The molecule has 0 saturated carbocycles. The molecular formula is C24H16F2N2O. The van der Waals surface area contributed by atoms with Crippen LogP contribution in [-0.4, -0.2) is 15.6 Å². The molecule has 3 nitrogen and oxygen atoms in total. The Hall–Kier alpha value is -3.86. The largest absolute Gasteiger partial charge is 0.289 e. The molecule has 1 heterocycles. The van der Waals surface area contributed by atoms with Crippen LogP contribution < -0.4 is 0 Å². The minimum absolute atomic E-state index is 0.00235. The lowest BCUT2D eigenvalue weighted by atomic mass is 10.1. The van der Waals surface area contributed by atoms with Gasteiger partial charge in [0.2, 0.25) is 0 Å². The number of rotatable bonds is 5. The molecule has 4 rings (SSSR count). The predicted octanol–water partition coefficient (Wildman–Crippen LogP) is 5.71. The zero-order valence-corrected chi connectivity index (χ0v) is 15.3. The minimum Gasteiger partial charge on any atom is -0.289 e. The second-order valence-corrected chi connectivity index (χ2v) is 6.40. The molecule has 0 aliphatic rings. The first kappa shape index (κ1) is 18.5. The van der Waals surface area contributed by atoms with E-state index >= 15 is 0 Å². The van der Waals surface area contributed by atoms with Crippen molar-refractivity contribution in [2.24, 2.45) is 0 Å². The van der Waals surface area contributed by atoms with E-state index in [1.54, 1.807) is 35.2 Å². The number of carbonyl (C=O) groups excluding carboxylic acids is 1. The lowest BCUT2D eigenvalue weighted by Crippen LogP contribution is -1.97. The van der Waals surface area contributed by atoms with Gasteiger partial charge in [-0.05, 0) is 60.7 Å². The van der Waals surface area contributed by atoms with Gasteiger partial charge >= 0.3 is 0 Å². The van der Waals surface area contributed by atoms with Crippen LogP contribution in [0, 0.1) is 11.6 Å². The summed E-state index contributed by atoms with van der Waals surface area (Å²) >= 11 is 0. The second-order valence-electron chi connectivity index (χ2n) is 6.40. The molecule has 0 unspecified atom stereocenters. The number of para-hydroxylation sites is 1. The van der Waals surface area contributed by atoms with Crippen molar-refractivity contribution in [3.05, 3.63) is 114 Å². The standard InChI is InChI=1S/C24H16F2N2O/c25-19-13-10-17(11-14-19)24-18(16-28(27-24)20-6-2-1-3-7-20)12-15-23(29)21-8-4-5-9-22(21)26/h1-16H/b15-12+. The Labute approximate surface area is 166 Å². The maximum Gasteiger partial charge on any atom is 0.188 e. The van der Waals surface area contributed by atoms with Gasteiger partial charge in [0.05, 0.1) is 16.9 Å². The Morgan fingerprint density at radius 3 is 2.28 bits per heavy atom. The Kier molecular flexibility index (Phi) is 5.12. The van der Waals surface area contributed by atoms with Gasteiger partial charge in [0, 0.05) is 17.3 Å². The molecule has 0 N–H and O–H groups in total. The predicted molar refractivity (Wildman–Crippen MR) is 109 cm³/mol. The molecule has 29 heavy (non-hydrogen) atoms. The highest BCUT2D eigenvalue weighted by Gasteiger charge is 2.12. The van der Waals surface area contributed by atoms with Crippen molar-refractivity contribution in [3.63, 3.8) is 0 Å². The maximum atomic E-state index is 13.9. The number of halogens is 2. The molecule has 0 amide bonds. The van der Waals surface area contributed by atoms with Gasteiger partial charge in [0.15, 0.2) is 5.78 Å². The zero-order valence-electron chi connectivity index (χ0n) is 15.3. The van der Waals surface area contributed by atoms with Crippen LogP contribution in [0.25, 0.3) is 23.0 Å². The number of hydrogen-bond acceptors (Lipinski definition) is 2. The highest BCUT2D eigenvalue weighted by atomic mass is 19.1. The summed E-state index contributed by atoms with van der Waals surface area (Å²) in [7, 11) is 0. The van der Waals surface area contributed by atoms with E-state index < -0.39 is 11.6 Å². The van der Waals surface area contributed by atoms with Gasteiger partial charge in [0.1, 0.15) is 11.6 Å². The fourth-order valence-corrected chi connectivity index (χ4v) is 2.97. The number of nitrogens with zero attached hydrogens (tertiary/aromatic N) is 2. The Morgan fingerprint density at radius 1 is 0.862 bits per heavy atom. The van der Waals surface area contributed by atoms with Crippen molar-refractivity contribution in [1.29, 1.82) is 0 Å². The molecular weight excluding hydrogens is 370 g/mol. The number of benzene rings is 3. The number of hydrogen-bond donors (Lipinski definition) is 0. The van der Waals surface area contributed by atoms with Crippen molar-refractivity contribution in [2.75, 3.05) is 0 Å². The average molecular weight is 386 g/mol. The van der Waals surface area contributed by atoms with E-state index in [4.69, 9.17) is 0 Å². The molecule has 0 atom stereocenters. The first-order valence-electron chi connectivity index (χ1n) is 9.00. The second kappa shape index (κ2) is 8.02. The Morgan fingerprint density at radius 2 is 1.55 bits per heavy atom. The highest BCUT2D eigenvalue weighted by Crippen LogP contribution is 2.25. The monoisotopic (exact) mass is 386 g/mol. The number of ketones is 1. The summed E-state index contributed by atoms with van der Waals surface area (Å²) < 4.78 is 28.9. The van der Waals surface area contributed by atoms with Gasteiger partial charge in [-0.1, -0.05) is 30.3 Å². The van der Waals surface area contributed by atoms with E-state index in [9.17, 15) is 13.6 Å². The van der Waals surface area contributed by atoms with Crippen molar-refractivity contribution >= 4 is 11.9 Å². The first-order valence-corrected chi connectivity index (χ1v) is 9.00. The van der Waals surface area contributed by atoms with Crippen LogP contribution in [0.4, 0.5) is 8.78 Å². The SMILES string of the molecule is O=C(/C=C/c1cn(-c2ccccc2)nc1-c1ccc(F)cc1)c1ccccc1F. The summed E-state index contributed by atoms with van der Waals surface area (Å²) in [4.78, 5) is 12.4. The third-order valence-electron chi connectivity index (χ3n) is 4.43. The molecule has 3 aromatic carbocycles. The Balaban J connectivity index is 1.75. The van der Waals surface area contributed by atoms with E-state index in [1.165, 1.54) is 36.4 Å². The van der Waals surface area contributed by atoms with Crippen LogP contribution in [0.3, 0.4) is 0 Å². The first-order chi connectivity index (χ1) is 14.1. The summed E-state index contributed by atoms with van der Waals surface area (Å²) in [5, 5.41) is 4.61. The summed E-state index contributed by atoms with van der Waals surface area (Å²) in [6.45, 7) is 0. The van der Waals surface area contributed by atoms with Crippen LogP contribution in [0.15, 0.2) is 91.1 Å². The maximum absolute atomic E-state index is 13.9. The quantitative estimate of drug-likeness (QED) is 0.325. The van der Waals surface area contributed by atoms with E-state index in [0.29, 0.717) is 16.8 Å². The molecule has 0 spiro atoms. The summed E-state index contributed by atoms with van der Waals surface area (Å²) in [6, 6.07) is 21.3. The topological polar surface area (TPSA) is 34.9 Å². The molecule has 4 aromatic rings. The summed E-state index contributed by atoms with van der Waals surface area (Å²) in [5.41, 5.74) is 2.80. The minimum atomic E-state index is -0.569. The fourth-order valence-electron chi connectivity index (χ4n) is 2.97. The normalized spacial score (nSPS) is 11.1. The van der Waals surface area contributed by atoms with Gasteiger partial charge in [0.25, 0.3) is 0 Å². The molecule has 0 saturated heterocycles. The molecule has 0 fully saturated rings. The summed E-state index contributed by atoms with van der Waals surface area (Å²) in [6.07, 6.45) is 4.69. The van der Waals surface area contributed by atoms with E-state index in [0.717, 1.165) is 5.69 Å². The van der Waals surface area contributed by atoms with Gasteiger partial charge in [-0.2, -0.15) is 5.10 Å². The Bertz CT molecular complexity index is 1180. The van der Waals surface area contributed by atoms with E-state index in [-0.39, 0.29) is 11.4 Å². The molecule has 5 heteroatoms. The fraction of sp³-hybridized carbons (Fsp3) is 0. The van der Waals surface area contributed by atoms with Crippen molar-refractivity contribution in [3.8, 4) is 16.9 Å². The van der Waals surface area contributed by atoms with E-state index in [1.807, 2.05) is 30.3 Å². The molecule has 142 valence electrons. The molecule has 0 bridgehead atoms. The van der Waals surface area contributed by atoms with Crippen molar-refractivity contribution in [2.45, 2.75) is 0 Å². The van der Waals surface area contributed by atoms with Crippen LogP contribution in [0.5, 0.6) is 0 Å². The van der Waals surface area contributed by atoms with Crippen LogP contribution >= 0.6 is 0 Å². The number of carbonyl (C=O) groups is 1. The van der Waals surface area contributed by atoms with Crippen molar-refractivity contribution in [1.82, 2.24) is 9.78 Å². The van der Waals surface area contributed by atoms with Gasteiger partial charge in [-0.15, -0.1) is 0 Å². The number of aromatic nitrogens is 2. The third kappa shape index (κ3) is 4.04. The van der Waals surface area contributed by atoms with Crippen LogP contribution in [0.1, 0.15) is 15.9 Å². The lowest BCUT2D eigenvalue weighted by molar-refractivity contribution is 0.104. The van der Waals surface area contributed by atoms with Gasteiger partial charge in [-0.3, -0.25) is 4.79 Å². The number of allylic oxidation sites excluding steroid dienone is 1. The van der Waals surface area contributed by atoms with Gasteiger partial charge < -0.3 is 0 Å². The zero-order chi connectivity index (χ0) is 20.2. The molecule has 0 aliphatic carbocycles.